The Balaban J connectivity index is 1.65. The summed E-state index contributed by atoms with van der Waals surface area (Å²) in [6.07, 6.45) is 0.229. The summed E-state index contributed by atoms with van der Waals surface area (Å²) in [5.41, 5.74) is 1.76. The van der Waals surface area contributed by atoms with Crippen LogP contribution in [0.3, 0.4) is 0 Å². The maximum atomic E-state index is 13.0. The van der Waals surface area contributed by atoms with Crippen LogP contribution in [0.25, 0.3) is 10.8 Å². The molecule has 4 nitrogen and oxygen atoms in total. The molecule has 1 aliphatic rings. The van der Waals surface area contributed by atoms with Crippen LogP contribution in [0.2, 0.25) is 0 Å². The van der Waals surface area contributed by atoms with Crippen LogP contribution in [0.5, 0.6) is 0 Å². The number of hydrogen-bond acceptors (Lipinski definition) is 2. The number of rotatable bonds is 3. The minimum Gasteiger partial charge on any atom is -0.338 e. The van der Waals surface area contributed by atoms with Gasteiger partial charge in [0.05, 0.1) is 12.0 Å². The lowest BCUT2D eigenvalue weighted by molar-refractivity contribution is -0.127. The minimum absolute atomic E-state index is 0.00285. The maximum Gasteiger partial charge on any atom is 0.230 e. The van der Waals surface area contributed by atoms with Crippen LogP contribution in [-0.4, -0.2) is 23.8 Å². The fourth-order valence-corrected chi connectivity index (χ4v) is 3.77. The molecule has 0 unspecified atom stereocenters. The average Bonchev–Trinajstić information content (AvgIpc) is 2.98. The number of likely N-dealkylation sites (tertiary alicyclic amines) is 1. The first-order chi connectivity index (χ1) is 12.6. The highest BCUT2D eigenvalue weighted by molar-refractivity contribution is 6.04. The quantitative estimate of drug-likeness (QED) is 0.781. The van der Waals surface area contributed by atoms with Gasteiger partial charge < -0.3 is 10.2 Å². The molecule has 1 saturated heterocycles. The first-order valence-electron chi connectivity index (χ1n) is 8.74. The van der Waals surface area contributed by atoms with Gasteiger partial charge in [-0.15, -0.1) is 0 Å². The molecule has 4 heteroatoms. The molecule has 2 atom stereocenters. The maximum absolute atomic E-state index is 13.0. The summed E-state index contributed by atoms with van der Waals surface area (Å²) in [5.74, 6) is -0.529. The summed E-state index contributed by atoms with van der Waals surface area (Å²) in [6.45, 7) is 0. The third kappa shape index (κ3) is 2.84. The monoisotopic (exact) mass is 344 g/mol. The van der Waals surface area contributed by atoms with Gasteiger partial charge in [0.1, 0.15) is 0 Å². The molecule has 0 aliphatic carbocycles. The van der Waals surface area contributed by atoms with Crippen molar-refractivity contribution >= 4 is 28.3 Å². The zero-order chi connectivity index (χ0) is 18.1. The van der Waals surface area contributed by atoms with Gasteiger partial charge in [-0.3, -0.25) is 9.59 Å². The summed E-state index contributed by atoms with van der Waals surface area (Å²) in [6, 6.07) is 23.3. The molecule has 0 saturated carbocycles. The van der Waals surface area contributed by atoms with Crippen molar-refractivity contribution < 1.29 is 9.59 Å². The molecule has 4 rings (SSSR count). The van der Waals surface area contributed by atoms with E-state index in [0.29, 0.717) is 0 Å². The number of hydrogen-bond donors (Lipinski definition) is 1. The molecule has 130 valence electrons. The SMILES string of the molecule is CN1C(=O)C[C@H](C(=O)Nc2cccc3ccccc23)[C@@H]1c1ccccc1. The first-order valence-corrected chi connectivity index (χ1v) is 8.74. The zero-order valence-corrected chi connectivity index (χ0v) is 14.6. The molecule has 2 amide bonds. The standard InChI is InChI=1S/C22H20N2O2/c1-24-20(25)14-18(21(24)16-9-3-2-4-10-16)22(26)23-19-13-7-11-15-8-5-6-12-17(15)19/h2-13,18,21H,14H2,1H3,(H,23,26)/t18-,21-/m0/s1. The Morgan fingerprint density at radius 2 is 1.65 bits per heavy atom. The second-order valence-electron chi connectivity index (χ2n) is 6.69. The van der Waals surface area contributed by atoms with Crippen molar-refractivity contribution in [2.24, 2.45) is 5.92 Å². The van der Waals surface area contributed by atoms with E-state index in [1.165, 1.54) is 0 Å². The van der Waals surface area contributed by atoms with Crippen molar-refractivity contribution in [2.75, 3.05) is 12.4 Å². The number of benzene rings is 3. The average molecular weight is 344 g/mol. The van der Waals surface area contributed by atoms with Gasteiger partial charge in [0, 0.05) is 24.5 Å². The van der Waals surface area contributed by atoms with E-state index < -0.39 is 5.92 Å². The second kappa shape index (κ2) is 6.64. The Labute approximate surface area is 152 Å². The molecule has 0 aromatic heterocycles. The predicted molar refractivity (Wildman–Crippen MR) is 103 cm³/mol. The highest BCUT2D eigenvalue weighted by Gasteiger charge is 2.42. The molecule has 26 heavy (non-hydrogen) atoms. The van der Waals surface area contributed by atoms with E-state index in [4.69, 9.17) is 0 Å². The van der Waals surface area contributed by atoms with Gasteiger partial charge in [-0.05, 0) is 17.0 Å². The Kier molecular flexibility index (Phi) is 4.17. The first kappa shape index (κ1) is 16.3. The van der Waals surface area contributed by atoms with Crippen molar-refractivity contribution in [1.29, 1.82) is 0 Å². The number of amides is 2. The van der Waals surface area contributed by atoms with Gasteiger partial charge in [-0.25, -0.2) is 0 Å². The molecule has 1 heterocycles. The van der Waals surface area contributed by atoms with E-state index in [1.54, 1.807) is 11.9 Å². The molecule has 0 spiro atoms. The number of nitrogens with zero attached hydrogens (tertiary/aromatic N) is 1. The summed E-state index contributed by atoms with van der Waals surface area (Å²) in [7, 11) is 1.77. The van der Waals surface area contributed by atoms with E-state index in [0.717, 1.165) is 22.0 Å². The highest BCUT2D eigenvalue weighted by atomic mass is 16.2. The van der Waals surface area contributed by atoms with Crippen molar-refractivity contribution in [2.45, 2.75) is 12.5 Å². The fraction of sp³-hybridized carbons (Fsp3) is 0.182. The van der Waals surface area contributed by atoms with Crippen LogP contribution in [0.4, 0.5) is 5.69 Å². The van der Waals surface area contributed by atoms with Crippen LogP contribution in [0, 0.1) is 5.92 Å². The van der Waals surface area contributed by atoms with Crippen molar-refractivity contribution in [3.63, 3.8) is 0 Å². The minimum atomic E-state index is -0.408. The van der Waals surface area contributed by atoms with E-state index >= 15 is 0 Å². The van der Waals surface area contributed by atoms with E-state index in [1.807, 2.05) is 72.8 Å². The smallest absolute Gasteiger partial charge is 0.230 e. The van der Waals surface area contributed by atoms with Gasteiger partial charge in [0.2, 0.25) is 11.8 Å². The molecule has 3 aromatic carbocycles. The third-order valence-electron chi connectivity index (χ3n) is 5.11. The predicted octanol–water partition coefficient (Wildman–Crippen LogP) is 4.00. The summed E-state index contributed by atoms with van der Waals surface area (Å²) in [4.78, 5) is 27.0. The Bertz CT molecular complexity index is 963. The molecule has 1 N–H and O–H groups in total. The summed E-state index contributed by atoms with van der Waals surface area (Å²) < 4.78 is 0. The molecule has 0 bridgehead atoms. The number of nitrogens with one attached hydrogen (secondary N) is 1. The summed E-state index contributed by atoms with van der Waals surface area (Å²) in [5, 5.41) is 5.12. The Morgan fingerprint density at radius 1 is 0.962 bits per heavy atom. The summed E-state index contributed by atoms with van der Waals surface area (Å²) >= 11 is 0. The van der Waals surface area contributed by atoms with Gasteiger partial charge in [0.25, 0.3) is 0 Å². The Hall–Kier alpha value is -3.14. The van der Waals surface area contributed by atoms with Crippen LogP contribution < -0.4 is 5.32 Å². The molecule has 3 aromatic rings. The van der Waals surface area contributed by atoms with E-state index in [-0.39, 0.29) is 24.3 Å². The fourth-order valence-electron chi connectivity index (χ4n) is 3.77. The normalized spacial score (nSPS) is 19.7. The van der Waals surface area contributed by atoms with Crippen molar-refractivity contribution in [1.82, 2.24) is 4.90 Å². The molecular weight excluding hydrogens is 324 g/mol. The van der Waals surface area contributed by atoms with Crippen molar-refractivity contribution in [3.8, 4) is 0 Å². The van der Waals surface area contributed by atoms with Crippen LogP contribution >= 0.6 is 0 Å². The van der Waals surface area contributed by atoms with Crippen LogP contribution in [-0.2, 0) is 9.59 Å². The highest BCUT2D eigenvalue weighted by Crippen LogP contribution is 2.38. The number of fused-ring (bicyclic) bond motifs is 1. The molecule has 1 fully saturated rings. The number of carbonyl (C=O) groups excluding carboxylic acids is 2. The number of anilines is 1. The lowest BCUT2D eigenvalue weighted by atomic mass is 9.92. The topological polar surface area (TPSA) is 49.4 Å². The van der Waals surface area contributed by atoms with Gasteiger partial charge >= 0.3 is 0 Å². The van der Waals surface area contributed by atoms with Gasteiger partial charge in [0.15, 0.2) is 0 Å². The van der Waals surface area contributed by atoms with E-state index in [2.05, 4.69) is 5.32 Å². The van der Waals surface area contributed by atoms with Crippen LogP contribution in [0.15, 0.2) is 72.8 Å². The molecule has 1 aliphatic heterocycles. The number of carbonyl (C=O) groups is 2. The van der Waals surface area contributed by atoms with Crippen molar-refractivity contribution in [3.05, 3.63) is 78.4 Å². The lowest BCUT2D eigenvalue weighted by Gasteiger charge is -2.25. The molecule has 0 radical (unpaired) electrons. The Morgan fingerprint density at radius 3 is 2.46 bits per heavy atom. The third-order valence-corrected chi connectivity index (χ3v) is 5.11. The van der Waals surface area contributed by atoms with Gasteiger partial charge in [-0.2, -0.15) is 0 Å². The lowest BCUT2D eigenvalue weighted by Crippen LogP contribution is -2.30. The van der Waals surface area contributed by atoms with E-state index in [9.17, 15) is 9.59 Å². The zero-order valence-electron chi connectivity index (χ0n) is 14.6. The van der Waals surface area contributed by atoms with Gasteiger partial charge in [-0.1, -0.05) is 66.7 Å². The van der Waals surface area contributed by atoms with Crippen LogP contribution in [0.1, 0.15) is 18.0 Å². The largest absolute Gasteiger partial charge is 0.338 e. The molecular formula is C22H20N2O2. The second-order valence-corrected chi connectivity index (χ2v) is 6.69.